The number of aliphatic hydroxyl groups is 1. The summed E-state index contributed by atoms with van der Waals surface area (Å²) in [5.74, 6) is -0.424. The van der Waals surface area contributed by atoms with Gasteiger partial charge in [0.2, 0.25) is 11.8 Å². The number of ether oxygens (including phenoxy) is 2. The Labute approximate surface area is 236 Å². The first-order valence-electron chi connectivity index (χ1n) is 14.6. The maximum absolute atomic E-state index is 12.2. The summed E-state index contributed by atoms with van der Waals surface area (Å²) >= 11 is 0. The molecule has 40 heavy (non-hydrogen) atoms. The van der Waals surface area contributed by atoms with Gasteiger partial charge in [-0.15, -0.1) is 0 Å². The zero-order valence-corrected chi connectivity index (χ0v) is 23.2. The van der Waals surface area contributed by atoms with Gasteiger partial charge in [-0.05, 0) is 55.5 Å². The lowest BCUT2D eigenvalue weighted by molar-refractivity contribution is -0.253. The number of amides is 2. The topological polar surface area (TPSA) is 120 Å². The third kappa shape index (κ3) is 9.38. The van der Waals surface area contributed by atoms with Crippen molar-refractivity contribution < 1.29 is 29.4 Å². The molecule has 2 aliphatic rings. The second-order valence-electron chi connectivity index (χ2n) is 10.8. The van der Waals surface area contributed by atoms with E-state index in [0.717, 1.165) is 54.7 Å². The Morgan fingerprint density at radius 1 is 0.825 bits per heavy atom. The Hall–Kier alpha value is -2.82. The molecule has 0 spiro atoms. The number of hydrogen-bond acceptors (Lipinski definition) is 7. The second-order valence-corrected chi connectivity index (χ2v) is 10.8. The Kier molecular flexibility index (Phi) is 11.9. The Morgan fingerprint density at radius 3 is 2.15 bits per heavy atom. The van der Waals surface area contributed by atoms with E-state index < -0.39 is 12.2 Å². The van der Waals surface area contributed by atoms with E-state index in [9.17, 15) is 14.7 Å². The largest absolute Gasteiger partial charge is 0.392 e. The number of aliphatic hydroxyl groups excluding tert-OH is 1. The predicted molar refractivity (Wildman–Crippen MR) is 150 cm³/mol. The molecule has 2 saturated heterocycles. The van der Waals surface area contributed by atoms with E-state index in [-0.39, 0.29) is 31.1 Å². The predicted octanol–water partition coefficient (Wildman–Crippen LogP) is 4.28. The summed E-state index contributed by atoms with van der Waals surface area (Å²) in [7, 11) is 0. The van der Waals surface area contributed by atoms with Gasteiger partial charge < -0.3 is 24.8 Å². The number of nitrogens with one attached hydrogen (secondary N) is 2. The fourth-order valence-electron chi connectivity index (χ4n) is 5.35. The molecule has 2 fully saturated rings. The first kappa shape index (κ1) is 30.1. The standard InChI is InChI=1S/C31H43N3O6/c35-22-24-11-13-25(14-12-24)28-19-27(21-34-17-5-2-6-18-34)39-31(40-28)26-15-9-23(10-16-26)20-32-29(36)7-3-1-4-8-30(37)33-38/h9-16,27-28,31,35,38H,1-8,17-22H2,(H,32,36)(H,33,37)/t27-,28+,31+/m0/s1. The van der Waals surface area contributed by atoms with Gasteiger partial charge in [-0.1, -0.05) is 61.4 Å². The molecular weight excluding hydrogens is 510 g/mol. The lowest BCUT2D eigenvalue weighted by atomic mass is 9.99. The number of benzene rings is 2. The fraction of sp³-hybridized carbons (Fsp3) is 0.548. The first-order valence-corrected chi connectivity index (χ1v) is 14.6. The number of carbonyl (C=O) groups excluding carboxylic acids is 2. The molecule has 2 heterocycles. The maximum Gasteiger partial charge on any atom is 0.243 e. The second kappa shape index (κ2) is 15.8. The van der Waals surface area contributed by atoms with E-state index in [2.05, 4.69) is 10.2 Å². The van der Waals surface area contributed by atoms with Crippen LogP contribution in [0, 0.1) is 0 Å². The zero-order valence-electron chi connectivity index (χ0n) is 23.2. The van der Waals surface area contributed by atoms with Crippen LogP contribution in [0.2, 0.25) is 0 Å². The highest BCUT2D eigenvalue weighted by Crippen LogP contribution is 2.38. The molecule has 0 saturated carbocycles. The van der Waals surface area contributed by atoms with Crippen molar-refractivity contribution in [3.63, 3.8) is 0 Å². The van der Waals surface area contributed by atoms with Crippen molar-refractivity contribution in [2.24, 2.45) is 0 Å². The lowest BCUT2D eigenvalue weighted by Gasteiger charge is -2.39. The van der Waals surface area contributed by atoms with Crippen molar-refractivity contribution >= 4 is 11.8 Å². The smallest absolute Gasteiger partial charge is 0.243 e. The monoisotopic (exact) mass is 553 g/mol. The van der Waals surface area contributed by atoms with Crippen molar-refractivity contribution in [3.8, 4) is 0 Å². The van der Waals surface area contributed by atoms with Crippen LogP contribution in [0.25, 0.3) is 0 Å². The Balaban J connectivity index is 1.31. The Morgan fingerprint density at radius 2 is 1.48 bits per heavy atom. The Bertz CT molecular complexity index is 1060. The van der Waals surface area contributed by atoms with Gasteiger partial charge in [0, 0.05) is 37.9 Å². The molecule has 2 aromatic rings. The summed E-state index contributed by atoms with van der Waals surface area (Å²) < 4.78 is 12.9. The third-order valence-electron chi connectivity index (χ3n) is 7.70. The minimum absolute atomic E-state index is 0.0213. The number of rotatable bonds is 13. The summed E-state index contributed by atoms with van der Waals surface area (Å²) in [5, 5.41) is 20.9. The average Bonchev–Trinajstić information content (AvgIpc) is 3.00. The molecule has 0 aliphatic carbocycles. The molecular formula is C31H43N3O6. The summed E-state index contributed by atoms with van der Waals surface area (Å²) in [6, 6.07) is 16.0. The molecule has 0 bridgehead atoms. The van der Waals surface area contributed by atoms with Crippen molar-refractivity contribution in [1.82, 2.24) is 15.7 Å². The quantitative estimate of drug-likeness (QED) is 0.166. The normalized spacial score (nSPS) is 21.6. The molecule has 0 unspecified atom stereocenters. The number of hydrogen-bond donors (Lipinski definition) is 4. The van der Waals surface area contributed by atoms with Gasteiger partial charge in [0.1, 0.15) is 0 Å². The van der Waals surface area contributed by atoms with Crippen LogP contribution in [0.4, 0.5) is 0 Å². The van der Waals surface area contributed by atoms with E-state index in [1.807, 2.05) is 48.5 Å². The van der Waals surface area contributed by atoms with Crippen LogP contribution in [-0.4, -0.2) is 52.8 Å². The third-order valence-corrected chi connectivity index (χ3v) is 7.70. The average molecular weight is 554 g/mol. The van der Waals surface area contributed by atoms with Gasteiger partial charge in [0.25, 0.3) is 0 Å². The summed E-state index contributed by atoms with van der Waals surface area (Å²) in [5.41, 5.74) is 5.53. The summed E-state index contributed by atoms with van der Waals surface area (Å²) in [4.78, 5) is 25.7. The zero-order chi connectivity index (χ0) is 28.2. The molecule has 218 valence electrons. The van der Waals surface area contributed by atoms with Crippen LogP contribution in [0.15, 0.2) is 48.5 Å². The highest BCUT2D eigenvalue weighted by Gasteiger charge is 2.33. The van der Waals surface area contributed by atoms with E-state index in [1.54, 1.807) is 5.48 Å². The number of unbranched alkanes of at least 4 members (excludes halogenated alkanes) is 2. The van der Waals surface area contributed by atoms with Crippen LogP contribution in [0.1, 0.15) is 92.4 Å². The van der Waals surface area contributed by atoms with E-state index in [0.29, 0.717) is 25.8 Å². The van der Waals surface area contributed by atoms with Crippen molar-refractivity contribution in [2.45, 2.75) is 89.4 Å². The number of piperidine rings is 1. The van der Waals surface area contributed by atoms with Gasteiger partial charge in [-0.25, -0.2) is 5.48 Å². The van der Waals surface area contributed by atoms with Gasteiger partial charge in [-0.3, -0.25) is 14.8 Å². The van der Waals surface area contributed by atoms with Crippen LogP contribution in [0.5, 0.6) is 0 Å². The summed E-state index contributed by atoms with van der Waals surface area (Å²) in [6.45, 7) is 3.58. The lowest BCUT2D eigenvalue weighted by Crippen LogP contribution is -2.41. The molecule has 2 aromatic carbocycles. The summed E-state index contributed by atoms with van der Waals surface area (Å²) in [6.07, 6.45) is 6.77. The van der Waals surface area contributed by atoms with Crippen molar-refractivity contribution in [1.29, 1.82) is 0 Å². The highest BCUT2D eigenvalue weighted by atomic mass is 16.7. The van der Waals surface area contributed by atoms with Gasteiger partial charge in [-0.2, -0.15) is 0 Å². The van der Waals surface area contributed by atoms with Crippen LogP contribution in [-0.2, 0) is 32.2 Å². The minimum atomic E-state index is -0.484. The number of likely N-dealkylation sites (tertiary alicyclic amines) is 1. The highest BCUT2D eigenvalue weighted by molar-refractivity contribution is 5.76. The molecule has 0 aromatic heterocycles. The number of nitrogens with zero attached hydrogens (tertiary/aromatic N) is 1. The molecule has 2 aliphatic heterocycles. The molecule has 9 nitrogen and oxygen atoms in total. The maximum atomic E-state index is 12.2. The van der Waals surface area contributed by atoms with Gasteiger partial charge >= 0.3 is 0 Å². The minimum Gasteiger partial charge on any atom is -0.392 e. The number of carbonyl (C=O) groups is 2. The van der Waals surface area contributed by atoms with Crippen molar-refractivity contribution in [3.05, 3.63) is 70.8 Å². The first-order chi connectivity index (χ1) is 19.5. The SMILES string of the molecule is O=C(CCCCCC(=O)NCc1ccc([C@@H]2O[C@H](CN3CCCCC3)C[C@H](c3ccc(CO)cc3)O2)cc1)NO. The molecule has 2 amide bonds. The van der Waals surface area contributed by atoms with E-state index in [1.165, 1.54) is 19.3 Å². The van der Waals surface area contributed by atoms with Crippen LogP contribution < -0.4 is 10.8 Å². The van der Waals surface area contributed by atoms with Crippen LogP contribution >= 0.6 is 0 Å². The van der Waals surface area contributed by atoms with Crippen LogP contribution in [0.3, 0.4) is 0 Å². The molecule has 3 atom stereocenters. The molecule has 0 radical (unpaired) electrons. The van der Waals surface area contributed by atoms with E-state index in [4.69, 9.17) is 14.7 Å². The van der Waals surface area contributed by atoms with Gasteiger partial charge in [0.15, 0.2) is 6.29 Å². The molecule has 4 rings (SSSR count). The van der Waals surface area contributed by atoms with E-state index >= 15 is 0 Å². The molecule has 4 N–H and O–H groups in total. The van der Waals surface area contributed by atoms with Crippen molar-refractivity contribution in [2.75, 3.05) is 19.6 Å². The fourth-order valence-corrected chi connectivity index (χ4v) is 5.35. The number of hydroxylamine groups is 1. The van der Waals surface area contributed by atoms with Gasteiger partial charge in [0.05, 0.1) is 18.8 Å². The molecule has 9 heteroatoms.